The summed E-state index contributed by atoms with van der Waals surface area (Å²) in [5, 5.41) is 4.80. The van der Waals surface area contributed by atoms with Crippen molar-refractivity contribution < 1.29 is 4.79 Å². The number of hydrogen-bond donors (Lipinski definition) is 1. The maximum atomic E-state index is 13.3. The van der Waals surface area contributed by atoms with Gasteiger partial charge in [-0.1, -0.05) is 35.9 Å². The van der Waals surface area contributed by atoms with Gasteiger partial charge in [0.25, 0.3) is 0 Å². The monoisotopic (exact) mass is 371 g/mol. The average molecular weight is 372 g/mol. The molecular weight excluding hydrogens is 358 g/mol. The van der Waals surface area contributed by atoms with Crippen LogP contribution < -0.4 is 5.32 Å². The molecule has 1 aliphatic carbocycles. The maximum absolute atomic E-state index is 13.3. The Bertz CT molecular complexity index is 1230. The third-order valence-corrected chi connectivity index (χ3v) is 5.01. The van der Waals surface area contributed by atoms with Crippen molar-refractivity contribution in [3.8, 4) is 11.3 Å². The van der Waals surface area contributed by atoms with E-state index in [1.807, 2.05) is 67.6 Å². The van der Waals surface area contributed by atoms with Gasteiger partial charge in [0.05, 0.1) is 22.5 Å². The molecular formula is C22H14ClN3O. The number of benzene rings is 3. The lowest BCUT2D eigenvalue weighted by Gasteiger charge is -2.22. The zero-order chi connectivity index (χ0) is 18.5. The Morgan fingerprint density at radius 1 is 0.889 bits per heavy atom. The fraction of sp³-hybridized carbons (Fsp3) is 0.0455. The van der Waals surface area contributed by atoms with Gasteiger partial charge in [-0.25, -0.2) is 9.97 Å². The van der Waals surface area contributed by atoms with Crippen LogP contribution in [0.15, 0.2) is 60.7 Å². The molecule has 4 aromatic rings. The third kappa shape index (κ3) is 2.49. The van der Waals surface area contributed by atoms with E-state index in [-0.39, 0.29) is 5.78 Å². The predicted molar refractivity (Wildman–Crippen MR) is 108 cm³/mol. The number of carbonyl (C=O) groups is 1. The number of fused-ring (bicyclic) bond motifs is 2. The number of carbonyl (C=O) groups excluding carboxylic acids is 1. The first-order valence-corrected chi connectivity index (χ1v) is 8.97. The van der Waals surface area contributed by atoms with E-state index in [0.717, 1.165) is 33.5 Å². The molecule has 1 aliphatic rings. The first kappa shape index (κ1) is 16.0. The van der Waals surface area contributed by atoms with E-state index < -0.39 is 0 Å². The number of ketones is 1. The van der Waals surface area contributed by atoms with Crippen LogP contribution in [0.1, 0.15) is 21.7 Å². The Hall–Kier alpha value is -3.24. The number of halogens is 1. The van der Waals surface area contributed by atoms with Crippen molar-refractivity contribution in [3.63, 3.8) is 0 Å². The summed E-state index contributed by atoms with van der Waals surface area (Å²) < 4.78 is 0. The Labute approximate surface area is 160 Å². The number of aryl methyl sites for hydroxylation is 1. The summed E-state index contributed by atoms with van der Waals surface area (Å²) in [6, 6.07) is 18.8. The zero-order valence-corrected chi connectivity index (χ0v) is 15.2. The molecule has 5 rings (SSSR count). The molecule has 0 aliphatic heterocycles. The molecule has 3 aromatic carbocycles. The van der Waals surface area contributed by atoms with Gasteiger partial charge in [0.2, 0.25) is 0 Å². The molecule has 130 valence electrons. The van der Waals surface area contributed by atoms with Crippen molar-refractivity contribution in [2.45, 2.75) is 6.92 Å². The lowest BCUT2D eigenvalue weighted by atomic mass is 9.85. The van der Waals surface area contributed by atoms with Crippen molar-refractivity contribution in [3.05, 3.63) is 82.6 Å². The summed E-state index contributed by atoms with van der Waals surface area (Å²) in [5.74, 6) is 0.665. The average Bonchev–Trinajstić information content (AvgIpc) is 2.68. The van der Waals surface area contributed by atoms with Gasteiger partial charge in [0.1, 0.15) is 5.82 Å². The molecule has 27 heavy (non-hydrogen) atoms. The van der Waals surface area contributed by atoms with Crippen molar-refractivity contribution in [1.29, 1.82) is 0 Å². The molecule has 1 heterocycles. The topological polar surface area (TPSA) is 54.9 Å². The summed E-state index contributed by atoms with van der Waals surface area (Å²) in [5.41, 5.74) is 5.30. The fourth-order valence-corrected chi connectivity index (χ4v) is 3.71. The minimum atomic E-state index is -0.0207. The van der Waals surface area contributed by atoms with E-state index in [0.29, 0.717) is 22.0 Å². The molecule has 0 radical (unpaired) electrons. The molecule has 0 saturated heterocycles. The highest BCUT2D eigenvalue weighted by Crippen LogP contribution is 2.41. The SMILES string of the molecule is Cc1nc2c3c(c(Nc4ccc(Cl)cc4)ccc3n1)C(=O)c1ccccc1-2. The molecule has 0 bridgehead atoms. The molecule has 0 fully saturated rings. The van der Waals surface area contributed by atoms with Crippen LogP contribution in [0.25, 0.3) is 22.2 Å². The Morgan fingerprint density at radius 2 is 1.63 bits per heavy atom. The van der Waals surface area contributed by atoms with E-state index in [2.05, 4.69) is 15.3 Å². The largest absolute Gasteiger partial charge is 0.355 e. The van der Waals surface area contributed by atoms with Crippen LogP contribution in [0.2, 0.25) is 5.02 Å². The fourth-order valence-electron chi connectivity index (χ4n) is 3.59. The molecule has 0 spiro atoms. The molecule has 4 nitrogen and oxygen atoms in total. The summed E-state index contributed by atoms with van der Waals surface area (Å²) >= 11 is 5.98. The van der Waals surface area contributed by atoms with Crippen molar-refractivity contribution in [2.75, 3.05) is 5.32 Å². The van der Waals surface area contributed by atoms with Crippen molar-refractivity contribution in [2.24, 2.45) is 0 Å². The van der Waals surface area contributed by atoms with E-state index in [9.17, 15) is 4.79 Å². The van der Waals surface area contributed by atoms with E-state index in [1.165, 1.54) is 0 Å². The van der Waals surface area contributed by atoms with E-state index in [4.69, 9.17) is 11.6 Å². The predicted octanol–water partition coefficient (Wildman–Crippen LogP) is 5.55. The zero-order valence-electron chi connectivity index (χ0n) is 14.5. The van der Waals surface area contributed by atoms with Gasteiger partial charge >= 0.3 is 0 Å². The van der Waals surface area contributed by atoms with Crippen LogP contribution in [-0.4, -0.2) is 15.8 Å². The Balaban J connectivity index is 1.80. The van der Waals surface area contributed by atoms with E-state index in [1.54, 1.807) is 0 Å². The number of rotatable bonds is 2. The minimum Gasteiger partial charge on any atom is -0.355 e. The number of aromatic nitrogens is 2. The van der Waals surface area contributed by atoms with Crippen LogP contribution in [0, 0.1) is 6.92 Å². The number of nitrogens with one attached hydrogen (secondary N) is 1. The van der Waals surface area contributed by atoms with Gasteiger partial charge in [-0.3, -0.25) is 4.79 Å². The van der Waals surface area contributed by atoms with Crippen LogP contribution in [-0.2, 0) is 0 Å². The summed E-state index contributed by atoms with van der Waals surface area (Å²) in [7, 11) is 0. The highest BCUT2D eigenvalue weighted by Gasteiger charge is 2.29. The van der Waals surface area contributed by atoms with Gasteiger partial charge in [-0.15, -0.1) is 0 Å². The van der Waals surface area contributed by atoms with E-state index >= 15 is 0 Å². The van der Waals surface area contributed by atoms with Crippen LogP contribution >= 0.6 is 11.6 Å². The summed E-state index contributed by atoms with van der Waals surface area (Å²) in [6.07, 6.45) is 0. The molecule has 1 aromatic heterocycles. The van der Waals surface area contributed by atoms with Gasteiger partial charge < -0.3 is 5.32 Å². The molecule has 1 N–H and O–H groups in total. The molecule has 0 amide bonds. The highest BCUT2D eigenvalue weighted by atomic mass is 35.5. The Kier molecular flexibility index (Phi) is 3.49. The molecule has 5 heteroatoms. The molecule has 0 unspecified atom stereocenters. The van der Waals surface area contributed by atoms with Crippen molar-refractivity contribution in [1.82, 2.24) is 9.97 Å². The van der Waals surface area contributed by atoms with Gasteiger partial charge in [-0.05, 0) is 43.3 Å². The van der Waals surface area contributed by atoms with Gasteiger partial charge in [-0.2, -0.15) is 0 Å². The second-order valence-electron chi connectivity index (χ2n) is 6.51. The van der Waals surface area contributed by atoms with Gasteiger partial charge in [0.15, 0.2) is 5.78 Å². The quantitative estimate of drug-likeness (QED) is 0.442. The third-order valence-electron chi connectivity index (χ3n) is 4.75. The smallest absolute Gasteiger partial charge is 0.196 e. The second kappa shape index (κ2) is 5.89. The summed E-state index contributed by atoms with van der Waals surface area (Å²) in [6.45, 7) is 1.87. The molecule has 0 atom stereocenters. The second-order valence-corrected chi connectivity index (χ2v) is 6.94. The lowest BCUT2D eigenvalue weighted by molar-refractivity contribution is 0.104. The van der Waals surface area contributed by atoms with Crippen LogP contribution in [0.3, 0.4) is 0 Å². The van der Waals surface area contributed by atoms with Crippen LogP contribution in [0.4, 0.5) is 11.4 Å². The number of anilines is 2. The minimum absolute atomic E-state index is 0.0207. The van der Waals surface area contributed by atoms with Crippen molar-refractivity contribution >= 4 is 39.7 Å². The molecule has 0 saturated carbocycles. The van der Waals surface area contributed by atoms with Crippen LogP contribution in [0.5, 0.6) is 0 Å². The highest BCUT2D eigenvalue weighted by molar-refractivity contribution is 6.30. The van der Waals surface area contributed by atoms with Gasteiger partial charge in [0, 0.05) is 27.2 Å². The lowest BCUT2D eigenvalue weighted by Crippen LogP contribution is -2.14. The number of nitrogens with zero attached hydrogens (tertiary/aromatic N) is 2. The summed E-state index contributed by atoms with van der Waals surface area (Å²) in [4.78, 5) is 22.5. The standard InChI is InChI=1S/C22H14ClN3O/c1-12-24-17-10-11-18(26-14-8-6-13(23)7-9-14)20-19(17)21(25-12)15-4-2-3-5-16(15)22(20)27/h2-11,26H,1H3. The Morgan fingerprint density at radius 3 is 2.41 bits per heavy atom. The normalized spacial score (nSPS) is 12.1. The first-order chi connectivity index (χ1) is 13.1. The maximum Gasteiger partial charge on any atom is 0.196 e. The first-order valence-electron chi connectivity index (χ1n) is 8.60. The number of hydrogen-bond acceptors (Lipinski definition) is 4.